The van der Waals surface area contributed by atoms with Gasteiger partial charge in [-0.1, -0.05) is 6.58 Å². The first-order chi connectivity index (χ1) is 5.61. The molecule has 3 nitrogen and oxygen atoms in total. The van der Waals surface area contributed by atoms with Crippen molar-refractivity contribution in [3.8, 4) is 0 Å². The van der Waals surface area contributed by atoms with Gasteiger partial charge in [0.15, 0.2) is 0 Å². The van der Waals surface area contributed by atoms with Crippen molar-refractivity contribution in [2.45, 2.75) is 20.8 Å². The van der Waals surface area contributed by atoms with Crippen LogP contribution >= 0.6 is 0 Å². The number of nitrogens with one attached hydrogen (secondary N) is 1. The number of nitrogens with zero attached hydrogens (tertiary/aromatic N) is 2. The summed E-state index contributed by atoms with van der Waals surface area (Å²) in [7, 11) is 0. The van der Waals surface area contributed by atoms with Gasteiger partial charge < -0.3 is 4.98 Å². The third-order valence-electron chi connectivity index (χ3n) is 1.53. The molecule has 0 amide bonds. The molecule has 0 saturated heterocycles. The Labute approximate surface area is 72.3 Å². The van der Waals surface area contributed by atoms with Gasteiger partial charge in [0.05, 0.1) is 12.0 Å². The monoisotopic (exact) mass is 163 g/mol. The maximum Gasteiger partial charge on any atom is 0.105 e. The van der Waals surface area contributed by atoms with E-state index in [2.05, 4.69) is 21.5 Å². The third-order valence-corrected chi connectivity index (χ3v) is 1.53. The topological polar surface area (TPSA) is 41.0 Å². The van der Waals surface area contributed by atoms with Gasteiger partial charge in [-0.05, 0) is 20.8 Å². The molecule has 0 unspecified atom stereocenters. The van der Waals surface area contributed by atoms with Crippen molar-refractivity contribution < 1.29 is 0 Å². The molecule has 0 fully saturated rings. The second-order valence-electron chi connectivity index (χ2n) is 2.81. The second-order valence-corrected chi connectivity index (χ2v) is 2.81. The first kappa shape index (κ1) is 8.71. The quantitative estimate of drug-likeness (QED) is 0.666. The van der Waals surface area contributed by atoms with Crippen molar-refractivity contribution in [2.75, 3.05) is 0 Å². The number of rotatable bonds is 2. The van der Waals surface area contributed by atoms with Crippen LogP contribution in [0.25, 0.3) is 0 Å². The molecule has 0 radical (unpaired) electrons. The van der Waals surface area contributed by atoms with E-state index in [1.54, 1.807) is 6.33 Å². The maximum absolute atomic E-state index is 4.22. The lowest BCUT2D eigenvalue weighted by Gasteiger charge is -1.96. The molecule has 1 aromatic rings. The van der Waals surface area contributed by atoms with Crippen molar-refractivity contribution in [1.29, 1.82) is 0 Å². The summed E-state index contributed by atoms with van der Waals surface area (Å²) in [6, 6.07) is 0. The lowest BCUT2D eigenvalue weighted by atomic mass is 10.2. The van der Waals surface area contributed by atoms with Crippen molar-refractivity contribution in [3.05, 3.63) is 30.0 Å². The molecule has 0 aromatic carbocycles. The van der Waals surface area contributed by atoms with E-state index in [9.17, 15) is 0 Å². The van der Waals surface area contributed by atoms with E-state index in [1.807, 2.05) is 20.8 Å². The van der Waals surface area contributed by atoms with Gasteiger partial charge in [0, 0.05) is 11.4 Å². The Hall–Kier alpha value is -1.38. The Bertz CT molecular complexity index is 320. The Morgan fingerprint density at radius 2 is 2.25 bits per heavy atom. The maximum atomic E-state index is 4.22. The van der Waals surface area contributed by atoms with Gasteiger partial charge in [0.2, 0.25) is 0 Å². The zero-order valence-corrected chi connectivity index (χ0v) is 7.68. The van der Waals surface area contributed by atoms with E-state index in [1.165, 1.54) is 0 Å². The third kappa shape index (κ3) is 1.81. The molecule has 0 bridgehead atoms. The number of hydrogen-bond donors (Lipinski definition) is 1. The predicted octanol–water partition coefficient (Wildman–Crippen LogP) is 2.06. The molecule has 0 saturated carbocycles. The first-order valence-electron chi connectivity index (χ1n) is 3.82. The molecule has 0 aliphatic heterocycles. The molecule has 1 N–H and O–H groups in total. The smallest absolute Gasteiger partial charge is 0.105 e. The summed E-state index contributed by atoms with van der Waals surface area (Å²) in [5.74, 6) is 0. The van der Waals surface area contributed by atoms with E-state index in [-0.39, 0.29) is 0 Å². The molecule has 3 heteroatoms. The zero-order chi connectivity index (χ0) is 9.14. The van der Waals surface area contributed by atoms with Crippen LogP contribution in [0.2, 0.25) is 0 Å². The lowest BCUT2D eigenvalue weighted by Crippen LogP contribution is -1.97. The predicted molar refractivity (Wildman–Crippen MR) is 50.3 cm³/mol. The Kier molecular flexibility index (Phi) is 2.43. The fourth-order valence-corrected chi connectivity index (χ4v) is 1.06. The molecule has 1 aromatic heterocycles. The average molecular weight is 163 g/mol. The van der Waals surface area contributed by atoms with Crippen LogP contribution in [0.4, 0.5) is 0 Å². The highest BCUT2D eigenvalue weighted by Crippen LogP contribution is 2.04. The van der Waals surface area contributed by atoms with Gasteiger partial charge in [-0.25, -0.2) is 4.98 Å². The Morgan fingerprint density at radius 3 is 2.67 bits per heavy atom. The Balaban J connectivity index is 2.99. The summed E-state index contributed by atoms with van der Waals surface area (Å²) in [5, 5.41) is 0. The number of aryl methyl sites for hydroxylation is 1. The van der Waals surface area contributed by atoms with E-state index in [4.69, 9.17) is 0 Å². The number of H-pyrrole nitrogens is 1. The number of allylic oxidation sites excluding steroid dienone is 1. The molecule has 0 atom stereocenters. The van der Waals surface area contributed by atoms with Crippen LogP contribution in [0.5, 0.6) is 0 Å². The molecule has 1 rings (SSSR count). The summed E-state index contributed by atoms with van der Waals surface area (Å²) in [5.41, 5.74) is 3.66. The molecule has 1 heterocycles. The van der Waals surface area contributed by atoms with E-state index >= 15 is 0 Å². The van der Waals surface area contributed by atoms with Crippen LogP contribution in [0.3, 0.4) is 0 Å². The summed E-state index contributed by atoms with van der Waals surface area (Å²) >= 11 is 0. The minimum absolute atomic E-state index is 0.801. The van der Waals surface area contributed by atoms with Gasteiger partial charge >= 0.3 is 0 Å². The molecule has 64 valence electrons. The summed E-state index contributed by atoms with van der Waals surface area (Å²) in [4.78, 5) is 11.4. The summed E-state index contributed by atoms with van der Waals surface area (Å²) < 4.78 is 0. The summed E-state index contributed by atoms with van der Waals surface area (Å²) in [6.45, 7) is 9.48. The SMILES string of the molecule is C=C(C)N=C(C)c1nc[nH]c1C. The van der Waals surface area contributed by atoms with Crippen LogP contribution in [0.15, 0.2) is 23.6 Å². The zero-order valence-electron chi connectivity index (χ0n) is 7.68. The van der Waals surface area contributed by atoms with Crippen molar-refractivity contribution >= 4 is 5.71 Å². The number of aromatic nitrogens is 2. The first-order valence-corrected chi connectivity index (χ1v) is 3.82. The minimum Gasteiger partial charge on any atom is -0.348 e. The highest BCUT2D eigenvalue weighted by Gasteiger charge is 2.03. The van der Waals surface area contributed by atoms with Crippen LogP contribution in [0, 0.1) is 6.92 Å². The normalized spacial score (nSPS) is 11.8. The standard InChI is InChI=1S/C9H13N3/c1-6(2)12-8(4)9-7(3)10-5-11-9/h5H,1H2,2-4H3,(H,10,11). The summed E-state index contributed by atoms with van der Waals surface area (Å²) in [6.07, 6.45) is 1.67. The largest absolute Gasteiger partial charge is 0.348 e. The highest BCUT2D eigenvalue weighted by molar-refractivity contribution is 5.98. The lowest BCUT2D eigenvalue weighted by molar-refractivity contribution is 1.25. The number of aromatic amines is 1. The molecule has 0 aliphatic rings. The molecular formula is C9H13N3. The van der Waals surface area contributed by atoms with Gasteiger partial charge in [-0.3, -0.25) is 4.99 Å². The number of imidazole rings is 1. The number of hydrogen-bond acceptors (Lipinski definition) is 2. The van der Waals surface area contributed by atoms with Crippen LogP contribution in [-0.2, 0) is 0 Å². The molecule has 12 heavy (non-hydrogen) atoms. The van der Waals surface area contributed by atoms with Gasteiger partial charge in [-0.15, -0.1) is 0 Å². The van der Waals surface area contributed by atoms with Gasteiger partial charge in [0.25, 0.3) is 0 Å². The fourth-order valence-electron chi connectivity index (χ4n) is 1.06. The second kappa shape index (κ2) is 3.34. The van der Waals surface area contributed by atoms with Gasteiger partial charge in [0.1, 0.15) is 5.69 Å². The van der Waals surface area contributed by atoms with E-state index in [0.29, 0.717) is 0 Å². The van der Waals surface area contributed by atoms with Crippen molar-refractivity contribution in [2.24, 2.45) is 4.99 Å². The average Bonchev–Trinajstić information content (AvgIpc) is 2.33. The minimum atomic E-state index is 0.801. The van der Waals surface area contributed by atoms with Gasteiger partial charge in [-0.2, -0.15) is 0 Å². The van der Waals surface area contributed by atoms with Crippen molar-refractivity contribution in [1.82, 2.24) is 9.97 Å². The number of aliphatic imine (C=N–C) groups is 1. The van der Waals surface area contributed by atoms with E-state index in [0.717, 1.165) is 22.8 Å². The molecule has 0 spiro atoms. The van der Waals surface area contributed by atoms with Crippen molar-refractivity contribution in [3.63, 3.8) is 0 Å². The Morgan fingerprint density at radius 1 is 1.58 bits per heavy atom. The van der Waals surface area contributed by atoms with Crippen LogP contribution in [-0.4, -0.2) is 15.7 Å². The van der Waals surface area contributed by atoms with E-state index < -0.39 is 0 Å². The molecular weight excluding hydrogens is 150 g/mol. The molecule has 0 aliphatic carbocycles. The van der Waals surface area contributed by atoms with Crippen LogP contribution < -0.4 is 0 Å². The highest BCUT2D eigenvalue weighted by atomic mass is 14.9. The van der Waals surface area contributed by atoms with Crippen LogP contribution in [0.1, 0.15) is 25.2 Å². The fraction of sp³-hybridized carbons (Fsp3) is 0.333.